The molecule has 0 saturated carbocycles. The Morgan fingerprint density at radius 2 is 0.559 bits per heavy atom. The Bertz CT molecular complexity index is 1910. The van der Waals surface area contributed by atoms with Crippen molar-refractivity contribution in [2.24, 2.45) is 0 Å². The normalized spacial score (nSPS) is 12.9. The van der Waals surface area contributed by atoms with Crippen LogP contribution in [-0.2, 0) is 33.3 Å². The summed E-state index contributed by atoms with van der Waals surface area (Å²) in [5, 5.41) is 11.9. The van der Waals surface area contributed by atoms with Crippen LogP contribution in [0.1, 0.15) is 444 Å². The number of ether oxygens (including phenoxy) is 4. The van der Waals surface area contributed by atoms with Crippen LogP contribution in [-0.4, -0.2) is 82.3 Å². The summed E-state index contributed by atoms with van der Waals surface area (Å²) >= 11 is 0. The maximum Gasteiger partial charge on any atom is 0.306 e. The molecule has 0 amide bonds. The van der Waals surface area contributed by atoms with Crippen molar-refractivity contribution in [3.63, 3.8) is 0 Å². The minimum absolute atomic E-state index is 0.149. The number of esters is 2. The zero-order valence-corrected chi connectivity index (χ0v) is 68.5. The van der Waals surface area contributed by atoms with Gasteiger partial charge in [-0.1, -0.05) is 440 Å². The van der Waals surface area contributed by atoms with E-state index in [1.807, 2.05) is 21.1 Å². The number of hydrogen-bond acceptors (Lipinski definition) is 8. The third-order valence-corrected chi connectivity index (χ3v) is 20.2. The van der Waals surface area contributed by atoms with E-state index in [2.05, 4.69) is 86.8 Å². The van der Waals surface area contributed by atoms with Crippen LogP contribution in [0, 0.1) is 0 Å². The van der Waals surface area contributed by atoms with E-state index >= 15 is 0 Å². The van der Waals surface area contributed by atoms with Crippen molar-refractivity contribution in [2.75, 3.05) is 47.5 Å². The van der Waals surface area contributed by atoms with Gasteiger partial charge in [-0.3, -0.25) is 9.59 Å². The van der Waals surface area contributed by atoms with Gasteiger partial charge in [-0.05, 0) is 64.2 Å². The molecule has 0 bridgehead atoms. The Morgan fingerprint density at radius 1 is 0.304 bits per heavy atom. The number of hydrogen-bond donors (Lipinski definition) is 0. The smallest absolute Gasteiger partial charge is 0.306 e. The fourth-order valence-corrected chi connectivity index (χ4v) is 13.5. The second-order valence-corrected chi connectivity index (χ2v) is 31.5. The van der Waals surface area contributed by atoms with Crippen molar-refractivity contribution in [3.8, 4) is 0 Å². The van der Waals surface area contributed by atoms with Crippen LogP contribution in [0.25, 0.3) is 0 Å². The molecule has 0 heterocycles. The molecular weight excluding hydrogens is 1260 g/mol. The Morgan fingerprint density at radius 3 is 0.833 bits per heavy atom. The van der Waals surface area contributed by atoms with Crippen molar-refractivity contribution >= 4 is 17.9 Å². The Labute approximate surface area is 634 Å². The molecule has 0 radical (unpaired) electrons. The van der Waals surface area contributed by atoms with Crippen LogP contribution in [0.4, 0.5) is 0 Å². The fraction of sp³-hybridized carbons (Fsp3) is 0.839. The largest absolute Gasteiger partial charge is 0.545 e. The zero-order valence-electron chi connectivity index (χ0n) is 68.5. The highest BCUT2D eigenvalue weighted by atomic mass is 16.7. The molecule has 0 aromatic carbocycles. The first kappa shape index (κ1) is 98.7. The van der Waals surface area contributed by atoms with Crippen molar-refractivity contribution < 1.29 is 42.9 Å². The van der Waals surface area contributed by atoms with Crippen LogP contribution in [0.15, 0.2) is 72.9 Å². The van der Waals surface area contributed by atoms with Gasteiger partial charge in [-0.2, -0.15) is 0 Å². The van der Waals surface area contributed by atoms with Crippen LogP contribution < -0.4 is 5.11 Å². The van der Waals surface area contributed by atoms with Gasteiger partial charge in [0.15, 0.2) is 12.4 Å². The van der Waals surface area contributed by atoms with Crippen LogP contribution in [0.5, 0.6) is 0 Å². The Kier molecular flexibility index (Phi) is 80.7. The molecule has 0 spiro atoms. The fourth-order valence-electron chi connectivity index (χ4n) is 13.5. The summed E-state index contributed by atoms with van der Waals surface area (Å²) in [4.78, 5) is 37.7. The molecule has 0 rings (SSSR count). The number of carboxylic acids is 1. The predicted octanol–water partition coefficient (Wildman–Crippen LogP) is 27.8. The van der Waals surface area contributed by atoms with Gasteiger partial charge in [0.25, 0.3) is 0 Å². The molecule has 0 aliphatic heterocycles. The lowest BCUT2D eigenvalue weighted by Crippen LogP contribution is -2.44. The molecular formula is C93H171NO8. The van der Waals surface area contributed by atoms with Crippen molar-refractivity contribution in [2.45, 2.75) is 456 Å². The average molecular weight is 1430 g/mol. The number of aliphatic carboxylic acids is 1. The summed E-state index contributed by atoms with van der Waals surface area (Å²) in [5.41, 5.74) is 0. The molecule has 0 fully saturated rings. The van der Waals surface area contributed by atoms with Crippen molar-refractivity contribution in [1.82, 2.24) is 0 Å². The predicted molar refractivity (Wildman–Crippen MR) is 440 cm³/mol. The molecule has 0 aromatic rings. The maximum absolute atomic E-state index is 13.0. The van der Waals surface area contributed by atoms with Crippen LogP contribution >= 0.6 is 0 Å². The molecule has 0 N–H and O–H groups in total. The van der Waals surface area contributed by atoms with E-state index in [1.54, 1.807) is 0 Å². The number of rotatable bonds is 84. The minimum atomic E-state index is -1.62. The summed E-state index contributed by atoms with van der Waals surface area (Å²) in [6.07, 6.45) is 111. The molecule has 9 nitrogen and oxygen atoms in total. The van der Waals surface area contributed by atoms with E-state index in [1.165, 1.54) is 340 Å². The first-order chi connectivity index (χ1) is 50.1. The molecule has 9 heteroatoms. The number of nitrogens with zero attached hydrogens (tertiary/aromatic N) is 1. The van der Waals surface area contributed by atoms with Crippen molar-refractivity contribution in [3.05, 3.63) is 72.9 Å². The third kappa shape index (κ3) is 84.0. The monoisotopic (exact) mass is 1430 g/mol. The molecule has 0 aliphatic carbocycles. The second-order valence-electron chi connectivity index (χ2n) is 31.5. The van der Waals surface area contributed by atoms with Gasteiger partial charge in [0.05, 0.1) is 40.3 Å². The molecule has 2 unspecified atom stereocenters. The van der Waals surface area contributed by atoms with Gasteiger partial charge in [-0.25, -0.2) is 0 Å². The number of quaternary nitrogens is 1. The number of carbonyl (C=O) groups is 3. The first-order valence-corrected chi connectivity index (χ1v) is 44.6. The van der Waals surface area contributed by atoms with Gasteiger partial charge >= 0.3 is 11.9 Å². The van der Waals surface area contributed by atoms with Gasteiger partial charge in [0.1, 0.15) is 13.2 Å². The third-order valence-electron chi connectivity index (χ3n) is 20.2. The lowest BCUT2D eigenvalue weighted by atomic mass is 10.0. The van der Waals surface area contributed by atoms with E-state index in [4.69, 9.17) is 18.9 Å². The summed E-state index contributed by atoms with van der Waals surface area (Å²) < 4.78 is 22.9. The van der Waals surface area contributed by atoms with E-state index in [0.717, 1.165) is 70.6 Å². The standard InChI is InChI=1S/C93H171NO8/c1-6-8-10-12-14-16-18-20-22-24-26-28-30-32-34-36-38-40-42-44-45-46-48-49-51-53-55-57-59-61-63-65-67-69-71-73-75-77-79-81-83-90(95)100-87-89(88-101-93(92(97)98)99-86-85-94(3,4)5)102-91(96)84-82-80-78-76-74-72-70-68-66-64-62-60-58-56-54-52-50-47-43-41-39-37-35-33-31-29-27-25-23-21-19-17-15-13-11-9-7-2/h9,11,15,17,21,23,27,29,33,35,39,41,89,93H,6-8,10,12-14,16,18-20,22,24-26,28,30-32,34,36-38,40,42-88H2,1-5H3/b11-9-,17-15-,23-21-,29-27-,35-33-,41-39-. The van der Waals surface area contributed by atoms with Gasteiger partial charge in [0, 0.05) is 12.8 Å². The highest BCUT2D eigenvalue weighted by Crippen LogP contribution is 2.21. The average Bonchev–Trinajstić information content (AvgIpc) is 1.02. The van der Waals surface area contributed by atoms with E-state index < -0.39 is 24.3 Å². The van der Waals surface area contributed by atoms with E-state index in [0.29, 0.717) is 23.9 Å². The molecule has 0 aromatic heterocycles. The molecule has 596 valence electrons. The highest BCUT2D eigenvalue weighted by Gasteiger charge is 2.22. The quantitative estimate of drug-likeness (QED) is 0.0195. The highest BCUT2D eigenvalue weighted by molar-refractivity contribution is 5.70. The summed E-state index contributed by atoms with van der Waals surface area (Å²) in [7, 11) is 5.95. The molecule has 0 aliphatic rings. The minimum Gasteiger partial charge on any atom is -0.545 e. The Balaban J connectivity index is 3.91. The van der Waals surface area contributed by atoms with Gasteiger partial charge in [-0.15, -0.1) is 0 Å². The number of allylic oxidation sites excluding steroid dienone is 12. The number of likely N-dealkylation sites (N-methyl/N-ethyl adjacent to an activating group) is 1. The number of unbranched alkanes of at least 4 members (excludes halogenated alkanes) is 57. The molecule has 0 saturated heterocycles. The zero-order chi connectivity index (χ0) is 73.9. The summed E-state index contributed by atoms with van der Waals surface area (Å²) in [6, 6.07) is 0. The van der Waals surface area contributed by atoms with Crippen LogP contribution in [0.3, 0.4) is 0 Å². The lowest BCUT2D eigenvalue weighted by Gasteiger charge is -2.26. The number of carbonyl (C=O) groups excluding carboxylic acids is 3. The number of carboxylic acid groups (broad SMARTS) is 1. The second kappa shape index (κ2) is 83.4. The van der Waals surface area contributed by atoms with Gasteiger partial charge in [0.2, 0.25) is 0 Å². The SMILES string of the molecule is CC/C=C\C/C=C\C/C=C\C/C=C\C/C=C\C/C=C\CCCCCCCCCCCCCCCCCCCCC(=O)OC(COC(=O)CCCCCCCCCCCCCCCCCCCCCCCCCCCCCCCCCCCCCCCCCC)COC(OCC[N+](C)(C)C)C(=O)[O-]. The van der Waals surface area contributed by atoms with Crippen molar-refractivity contribution in [1.29, 1.82) is 0 Å². The van der Waals surface area contributed by atoms with Crippen LogP contribution in [0.2, 0.25) is 0 Å². The van der Waals surface area contributed by atoms with E-state index in [-0.39, 0.29) is 32.2 Å². The molecule has 2 atom stereocenters. The van der Waals surface area contributed by atoms with Gasteiger partial charge < -0.3 is 33.3 Å². The Hall–Kier alpha value is -3.27. The lowest BCUT2D eigenvalue weighted by molar-refractivity contribution is -0.870. The summed E-state index contributed by atoms with van der Waals surface area (Å²) in [6.45, 7) is 4.71. The first-order valence-electron chi connectivity index (χ1n) is 44.6. The molecule has 102 heavy (non-hydrogen) atoms. The maximum atomic E-state index is 13.0. The topological polar surface area (TPSA) is 111 Å². The summed E-state index contributed by atoms with van der Waals surface area (Å²) in [5.74, 6) is -2.25. The van der Waals surface area contributed by atoms with E-state index in [9.17, 15) is 19.5 Å².